The fraction of sp³-hybridized carbons (Fsp3) is 1.00. The third-order valence-electron chi connectivity index (χ3n) is 1.44. The molecule has 0 aromatic carbocycles. The topological polar surface area (TPSA) is 44.8 Å². The molecule has 0 atom stereocenters. The van der Waals surface area contributed by atoms with Gasteiger partial charge >= 0.3 is 7.82 Å². The first-order chi connectivity index (χ1) is 5.68. The van der Waals surface area contributed by atoms with Gasteiger partial charge in [0.2, 0.25) is 0 Å². The molecule has 74 valence electrons. The van der Waals surface area contributed by atoms with E-state index in [1.165, 1.54) is 14.2 Å². The van der Waals surface area contributed by atoms with Crippen LogP contribution in [-0.2, 0) is 18.1 Å². The van der Waals surface area contributed by atoms with Crippen molar-refractivity contribution in [1.82, 2.24) is 0 Å². The largest absolute Gasteiger partial charge is 0.474 e. The molecule has 0 heterocycles. The Balaban J connectivity index is 3.52. The van der Waals surface area contributed by atoms with E-state index in [1.54, 1.807) is 0 Å². The predicted molar refractivity (Wildman–Crippen MR) is 47.1 cm³/mol. The van der Waals surface area contributed by atoms with Gasteiger partial charge in [-0.1, -0.05) is 19.8 Å². The summed E-state index contributed by atoms with van der Waals surface area (Å²) < 4.78 is 25.3. The first-order valence-corrected chi connectivity index (χ1v) is 5.50. The lowest BCUT2D eigenvalue weighted by Gasteiger charge is -2.12. The smallest absolute Gasteiger partial charge is 0.290 e. The Morgan fingerprint density at radius 2 is 1.75 bits per heavy atom. The van der Waals surface area contributed by atoms with E-state index in [2.05, 4.69) is 16.0 Å². The van der Waals surface area contributed by atoms with Crippen molar-refractivity contribution in [2.24, 2.45) is 0 Å². The molecule has 0 aromatic rings. The van der Waals surface area contributed by atoms with E-state index < -0.39 is 7.82 Å². The van der Waals surface area contributed by atoms with Crippen molar-refractivity contribution in [1.29, 1.82) is 0 Å². The third kappa shape index (κ3) is 4.88. The summed E-state index contributed by atoms with van der Waals surface area (Å²) in [5.74, 6) is 0. The van der Waals surface area contributed by atoms with E-state index in [-0.39, 0.29) is 0 Å². The second kappa shape index (κ2) is 6.61. The highest BCUT2D eigenvalue weighted by Crippen LogP contribution is 2.47. The Hall–Kier alpha value is 0.110. The van der Waals surface area contributed by atoms with Crippen LogP contribution < -0.4 is 0 Å². The molecule has 0 aromatic heterocycles. The number of unbranched alkanes of at least 4 members (excludes halogenated alkanes) is 2. The zero-order valence-corrected chi connectivity index (χ0v) is 8.80. The Kier molecular flexibility index (Phi) is 6.67. The first kappa shape index (κ1) is 12.1. The van der Waals surface area contributed by atoms with Gasteiger partial charge in [-0.15, -0.1) is 0 Å². The maximum absolute atomic E-state index is 11.2. The highest BCUT2D eigenvalue weighted by atomic mass is 31.2. The van der Waals surface area contributed by atoms with Crippen molar-refractivity contribution in [2.45, 2.75) is 26.2 Å². The van der Waals surface area contributed by atoms with Gasteiger partial charge in [0.15, 0.2) is 0 Å². The van der Waals surface area contributed by atoms with Crippen LogP contribution in [0.3, 0.4) is 0 Å². The molecule has 0 spiro atoms. The van der Waals surface area contributed by atoms with Crippen LogP contribution >= 0.6 is 7.82 Å². The minimum absolute atomic E-state index is 0.423. The van der Waals surface area contributed by atoms with Crippen molar-refractivity contribution in [3.8, 4) is 0 Å². The Bertz CT molecular complexity index is 140. The van der Waals surface area contributed by atoms with E-state index >= 15 is 0 Å². The first-order valence-electron chi connectivity index (χ1n) is 4.04. The number of hydrogen-bond acceptors (Lipinski definition) is 4. The molecule has 0 N–H and O–H groups in total. The number of rotatable bonds is 7. The van der Waals surface area contributed by atoms with E-state index in [9.17, 15) is 4.57 Å². The summed E-state index contributed by atoms with van der Waals surface area (Å²) in [6.45, 7) is 2.51. The molecule has 0 bridgehead atoms. The normalized spacial score (nSPS) is 11.9. The fourth-order valence-electron chi connectivity index (χ4n) is 0.708. The molecule has 12 heavy (non-hydrogen) atoms. The van der Waals surface area contributed by atoms with Crippen molar-refractivity contribution in [3.63, 3.8) is 0 Å². The number of phosphoric ester groups is 1. The highest BCUT2D eigenvalue weighted by Gasteiger charge is 2.21. The van der Waals surface area contributed by atoms with Crippen LogP contribution in [0, 0.1) is 0 Å². The zero-order chi connectivity index (χ0) is 9.45. The average molecular weight is 196 g/mol. The average Bonchev–Trinajstić information content (AvgIpc) is 2.12. The van der Waals surface area contributed by atoms with Gasteiger partial charge in [-0.25, -0.2) is 4.57 Å². The minimum Gasteiger partial charge on any atom is -0.290 e. The summed E-state index contributed by atoms with van der Waals surface area (Å²) in [5, 5.41) is 0. The Morgan fingerprint density at radius 3 is 2.17 bits per heavy atom. The summed E-state index contributed by atoms with van der Waals surface area (Å²) in [6, 6.07) is 0. The quantitative estimate of drug-likeness (QED) is 0.463. The second-order valence-electron chi connectivity index (χ2n) is 2.35. The zero-order valence-electron chi connectivity index (χ0n) is 7.91. The van der Waals surface area contributed by atoms with Gasteiger partial charge in [-0.3, -0.25) is 13.6 Å². The molecule has 0 fully saturated rings. The summed E-state index contributed by atoms with van der Waals surface area (Å²) >= 11 is 0. The second-order valence-corrected chi connectivity index (χ2v) is 4.24. The molecule has 5 heteroatoms. The molecule has 0 aliphatic carbocycles. The van der Waals surface area contributed by atoms with E-state index in [1.807, 2.05) is 0 Å². The molecule has 0 aliphatic heterocycles. The summed E-state index contributed by atoms with van der Waals surface area (Å²) in [5.41, 5.74) is 0. The summed E-state index contributed by atoms with van der Waals surface area (Å²) in [6.07, 6.45) is 3.05. The highest BCUT2D eigenvalue weighted by molar-refractivity contribution is 7.48. The van der Waals surface area contributed by atoms with Gasteiger partial charge in [-0.2, -0.15) is 0 Å². The number of phosphoric acid groups is 1. The maximum atomic E-state index is 11.2. The van der Waals surface area contributed by atoms with Crippen LogP contribution in [0.15, 0.2) is 0 Å². The van der Waals surface area contributed by atoms with Crippen molar-refractivity contribution >= 4 is 7.82 Å². The predicted octanol–water partition coefficient (Wildman–Crippen LogP) is 2.59. The van der Waals surface area contributed by atoms with Gasteiger partial charge < -0.3 is 0 Å². The molecule has 0 saturated carbocycles. The lowest BCUT2D eigenvalue weighted by Crippen LogP contribution is -1.96. The Labute approximate surface area is 73.8 Å². The molecule has 0 saturated heterocycles. The van der Waals surface area contributed by atoms with Crippen LogP contribution in [0.2, 0.25) is 0 Å². The molecule has 0 amide bonds. The van der Waals surface area contributed by atoms with Crippen LogP contribution in [0.25, 0.3) is 0 Å². The molecular weight excluding hydrogens is 179 g/mol. The Morgan fingerprint density at radius 1 is 1.17 bits per heavy atom. The standard InChI is InChI=1S/C7H17O4P/c1-4-5-6-7-11-12(8,9-2)10-3/h4-7H2,1-3H3. The van der Waals surface area contributed by atoms with Crippen LogP contribution in [0.4, 0.5) is 0 Å². The maximum Gasteiger partial charge on any atom is 0.474 e. The van der Waals surface area contributed by atoms with Gasteiger partial charge in [0.25, 0.3) is 0 Å². The monoisotopic (exact) mass is 196 g/mol. The van der Waals surface area contributed by atoms with E-state index in [0.29, 0.717) is 6.61 Å². The van der Waals surface area contributed by atoms with Gasteiger partial charge in [-0.05, 0) is 6.42 Å². The molecular formula is C7H17O4P. The van der Waals surface area contributed by atoms with Crippen molar-refractivity contribution in [2.75, 3.05) is 20.8 Å². The van der Waals surface area contributed by atoms with Crippen LogP contribution in [0.5, 0.6) is 0 Å². The molecule has 0 unspecified atom stereocenters. The van der Waals surface area contributed by atoms with E-state index in [0.717, 1.165) is 19.3 Å². The SMILES string of the molecule is CCCCCOP(=O)(OC)OC. The molecule has 0 rings (SSSR count). The van der Waals surface area contributed by atoms with Crippen LogP contribution in [-0.4, -0.2) is 20.8 Å². The van der Waals surface area contributed by atoms with Gasteiger partial charge in [0, 0.05) is 14.2 Å². The fourth-order valence-corrected chi connectivity index (χ4v) is 1.42. The molecule has 0 aliphatic rings. The summed E-state index contributed by atoms with van der Waals surface area (Å²) in [7, 11) is -0.602. The van der Waals surface area contributed by atoms with Crippen LogP contribution in [0.1, 0.15) is 26.2 Å². The third-order valence-corrected chi connectivity index (χ3v) is 2.84. The molecule has 0 radical (unpaired) electrons. The van der Waals surface area contributed by atoms with Gasteiger partial charge in [0.1, 0.15) is 0 Å². The lowest BCUT2D eigenvalue weighted by atomic mass is 10.3. The van der Waals surface area contributed by atoms with Crippen molar-refractivity contribution in [3.05, 3.63) is 0 Å². The van der Waals surface area contributed by atoms with E-state index in [4.69, 9.17) is 4.52 Å². The number of hydrogen-bond donors (Lipinski definition) is 0. The van der Waals surface area contributed by atoms with Crippen molar-refractivity contribution < 1.29 is 18.1 Å². The summed E-state index contributed by atoms with van der Waals surface area (Å²) in [4.78, 5) is 0. The molecule has 4 nitrogen and oxygen atoms in total. The van der Waals surface area contributed by atoms with Gasteiger partial charge in [0.05, 0.1) is 6.61 Å². The minimum atomic E-state index is -3.22. The lowest BCUT2D eigenvalue weighted by molar-refractivity contribution is 0.150.